The molecule has 0 unspecified atom stereocenters. The first-order chi connectivity index (χ1) is 8.13. The van der Waals surface area contributed by atoms with Crippen LogP contribution in [-0.2, 0) is 4.79 Å². The van der Waals surface area contributed by atoms with Crippen LogP contribution in [0.4, 0.5) is 10.1 Å². The number of carbonyl (C=O) groups is 1. The fourth-order valence-corrected chi connectivity index (χ4v) is 2.02. The number of thioether (sulfide) groups is 1. The molecule has 0 aliphatic carbocycles. The Labute approximate surface area is 108 Å². The molecule has 2 N–H and O–H groups in total. The van der Waals surface area contributed by atoms with Crippen LogP contribution in [0.15, 0.2) is 18.2 Å². The number of nitrogens with one attached hydrogen (secondary N) is 1. The highest BCUT2D eigenvalue weighted by Gasteiger charge is 2.05. The van der Waals surface area contributed by atoms with E-state index in [1.54, 1.807) is 0 Å². The molecule has 1 amide bonds. The van der Waals surface area contributed by atoms with Gasteiger partial charge in [-0.3, -0.25) is 4.79 Å². The van der Waals surface area contributed by atoms with E-state index in [4.69, 9.17) is 16.7 Å². The molecule has 0 aromatic heterocycles. The van der Waals surface area contributed by atoms with Gasteiger partial charge < -0.3 is 10.4 Å². The van der Waals surface area contributed by atoms with Crippen LogP contribution < -0.4 is 5.32 Å². The van der Waals surface area contributed by atoms with Crippen molar-refractivity contribution in [2.75, 3.05) is 23.4 Å². The molecule has 1 aromatic carbocycles. The van der Waals surface area contributed by atoms with Crippen molar-refractivity contribution < 1.29 is 14.3 Å². The summed E-state index contributed by atoms with van der Waals surface area (Å²) in [7, 11) is 0. The molecule has 0 radical (unpaired) electrons. The van der Waals surface area contributed by atoms with Gasteiger partial charge in [-0.25, -0.2) is 4.39 Å². The smallest absolute Gasteiger partial charge is 0.234 e. The summed E-state index contributed by atoms with van der Waals surface area (Å²) < 4.78 is 12.9. The summed E-state index contributed by atoms with van der Waals surface area (Å²) in [6.07, 6.45) is 0.667. The molecule has 0 heterocycles. The third-order valence-corrected chi connectivity index (χ3v) is 3.22. The fourth-order valence-electron chi connectivity index (χ4n) is 1.10. The van der Waals surface area contributed by atoms with E-state index in [9.17, 15) is 9.18 Å². The minimum absolute atomic E-state index is 0.0178. The number of aliphatic hydroxyl groups excluding tert-OH is 1. The van der Waals surface area contributed by atoms with E-state index in [0.29, 0.717) is 17.9 Å². The molecule has 3 nitrogen and oxygen atoms in total. The zero-order valence-electron chi connectivity index (χ0n) is 9.08. The quantitative estimate of drug-likeness (QED) is 0.786. The maximum absolute atomic E-state index is 12.9. The zero-order chi connectivity index (χ0) is 12.7. The number of anilines is 1. The van der Waals surface area contributed by atoms with Gasteiger partial charge in [0.2, 0.25) is 5.91 Å². The van der Waals surface area contributed by atoms with Crippen molar-refractivity contribution in [2.45, 2.75) is 6.42 Å². The van der Waals surface area contributed by atoms with Crippen molar-refractivity contribution in [1.82, 2.24) is 0 Å². The maximum Gasteiger partial charge on any atom is 0.234 e. The highest BCUT2D eigenvalue weighted by atomic mass is 35.5. The van der Waals surface area contributed by atoms with E-state index in [1.165, 1.54) is 30.0 Å². The Bertz CT molecular complexity index is 390. The SMILES string of the molecule is O=C(CSCCCO)Nc1ccc(F)c(Cl)c1. The lowest BCUT2D eigenvalue weighted by atomic mass is 10.3. The van der Waals surface area contributed by atoms with Gasteiger partial charge in [-0.05, 0) is 30.4 Å². The van der Waals surface area contributed by atoms with Gasteiger partial charge >= 0.3 is 0 Å². The van der Waals surface area contributed by atoms with Crippen LogP contribution in [0.2, 0.25) is 5.02 Å². The lowest BCUT2D eigenvalue weighted by Gasteiger charge is -2.05. The molecule has 0 atom stereocenters. The van der Waals surface area contributed by atoms with Gasteiger partial charge in [0.05, 0.1) is 10.8 Å². The summed E-state index contributed by atoms with van der Waals surface area (Å²) in [6.45, 7) is 0.127. The van der Waals surface area contributed by atoms with Gasteiger partial charge in [0.15, 0.2) is 0 Å². The maximum atomic E-state index is 12.9. The molecule has 94 valence electrons. The molecule has 6 heteroatoms. The summed E-state index contributed by atoms with van der Waals surface area (Å²) in [5, 5.41) is 11.2. The van der Waals surface area contributed by atoms with Gasteiger partial charge in [-0.15, -0.1) is 0 Å². The Morgan fingerprint density at radius 2 is 2.29 bits per heavy atom. The topological polar surface area (TPSA) is 49.3 Å². The van der Waals surface area contributed by atoms with Crippen LogP contribution >= 0.6 is 23.4 Å². The van der Waals surface area contributed by atoms with Gasteiger partial charge in [0, 0.05) is 12.3 Å². The molecular weight excluding hydrogens is 265 g/mol. The summed E-state index contributed by atoms with van der Waals surface area (Å²) in [5.74, 6) is 0.348. The molecule has 1 aromatic rings. The molecule has 0 bridgehead atoms. The van der Waals surface area contributed by atoms with E-state index in [1.807, 2.05) is 0 Å². The number of rotatable bonds is 6. The Kier molecular flexibility index (Phi) is 6.32. The first-order valence-corrected chi connectivity index (χ1v) is 6.60. The number of carbonyl (C=O) groups excluding carboxylic acids is 1. The van der Waals surface area contributed by atoms with E-state index in [2.05, 4.69) is 5.32 Å². The molecule has 17 heavy (non-hydrogen) atoms. The molecule has 0 spiro atoms. The molecule has 0 saturated heterocycles. The van der Waals surface area contributed by atoms with E-state index in [0.717, 1.165) is 5.75 Å². The monoisotopic (exact) mass is 277 g/mol. The molecular formula is C11H13ClFNO2S. The standard InChI is InChI=1S/C11H13ClFNO2S/c12-9-6-8(2-3-10(9)13)14-11(16)7-17-5-1-4-15/h2-3,6,15H,1,4-5,7H2,(H,14,16). The molecule has 0 saturated carbocycles. The van der Waals surface area contributed by atoms with Crippen LogP contribution in [0.5, 0.6) is 0 Å². The first kappa shape index (κ1) is 14.3. The van der Waals surface area contributed by atoms with Crippen molar-refractivity contribution in [3.63, 3.8) is 0 Å². The molecule has 0 fully saturated rings. The summed E-state index contributed by atoms with van der Waals surface area (Å²) in [4.78, 5) is 11.4. The van der Waals surface area contributed by atoms with Crippen LogP contribution in [0.3, 0.4) is 0 Å². The number of amides is 1. The Hall–Kier alpha value is -0.780. The fraction of sp³-hybridized carbons (Fsp3) is 0.364. The van der Waals surface area contributed by atoms with Crippen LogP contribution in [0.25, 0.3) is 0 Å². The largest absolute Gasteiger partial charge is 0.396 e. The number of benzene rings is 1. The van der Waals surface area contributed by atoms with Crippen LogP contribution in [0.1, 0.15) is 6.42 Å². The van der Waals surface area contributed by atoms with Crippen molar-refractivity contribution in [3.05, 3.63) is 29.0 Å². The number of hydrogen-bond donors (Lipinski definition) is 2. The average Bonchev–Trinajstić information content (AvgIpc) is 2.30. The summed E-state index contributed by atoms with van der Waals surface area (Å²) in [6, 6.07) is 4.03. The van der Waals surface area contributed by atoms with Gasteiger partial charge in [-0.1, -0.05) is 11.6 Å². The average molecular weight is 278 g/mol. The van der Waals surface area contributed by atoms with E-state index >= 15 is 0 Å². The van der Waals surface area contributed by atoms with Crippen molar-refractivity contribution in [3.8, 4) is 0 Å². The van der Waals surface area contributed by atoms with Crippen LogP contribution in [0, 0.1) is 5.82 Å². The third kappa shape index (κ3) is 5.39. The minimum Gasteiger partial charge on any atom is -0.396 e. The highest BCUT2D eigenvalue weighted by molar-refractivity contribution is 7.99. The second-order valence-corrected chi connectivity index (χ2v) is 4.82. The van der Waals surface area contributed by atoms with Crippen molar-refractivity contribution in [2.24, 2.45) is 0 Å². The predicted octanol–water partition coefficient (Wildman–Crippen LogP) is 2.53. The Balaban J connectivity index is 2.37. The lowest BCUT2D eigenvalue weighted by molar-refractivity contribution is -0.113. The number of aliphatic hydroxyl groups is 1. The number of hydrogen-bond acceptors (Lipinski definition) is 3. The predicted molar refractivity (Wildman–Crippen MR) is 69.1 cm³/mol. The first-order valence-electron chi connectivity index (χ1n) is 5.07. The second kappa shape index (κ2) is 7.53. The summed E-state index contributed by atoms with van der Waals surface area (Å²) >= 11 is 7.02. The van der Waals surface area contributed by atoms with Gasteiger partial charge in [0.25, 0.3) is 0 Å². The minimum atomic E-state index is -0.512. The van der Waals surface area contributed by atoms with Gasteiger partial charge in [0.1, 0.15) is 5.82 Å². The number of halogens is 2. The van der Waals surface area contributed by atoms with E-state index in [-0.39, 0.29) is 17.5 Å². The highest BCUT2D eigenvalue weighted by Crippen LogP contribution is 2.19. The summed E-state index contributed by atoms with van der Waals surface area (Å²) in [5.41, 5.74) is 0.476. The van der Waals surface area contributed by atoms with E-state index < -0.39 is 5.82 Å². The van der Waals surface area contributed by atoms with Crippen molar-refractivity contribution in [1.29, 1.82) is 0 Å². The molecule has 1 rings (SSSR count). The van der Waals surface area contributed by atoms with Crippen molar-refractivity contribution >= 4 is 35.0 Å². The normalized spacial score (nSPS) is 10.3. The molecule has 0 aliphatic heterocycles. The van der Waals surface area contributed by atoms with Crippen LogP contribution in [-0.4, -0.2) is 29.1 Å². The lowest BCUT2D eigenvalue weighted by Crippen LogP contribution is -2.14. The zero-order valence-corrected chi connectivity index (χ0v) is 10.7. The Morgan fingerprint density at radius 1 is 1.53 bits per heavy atom. The third-order valence-electron chi connectivity index (χ3n) is 1.88. The Morgan fingerprint density at radius 3 is 2.94 bits per heavy atom. The van der Waals surface area contributed by atoms with Gasteiger partial charge in [-0.2, -0.15) is 11.8 Å². The second-order valence-electron chi connectivity index (χ2n) is 3.31. The molecule has 0 aliphatic rings.